The Kier molecular flexibility index (Phi) is 6.43. The zero-order valence-corrected chi connectivity index (χ0v) is 17.0. The fraction of sp³-hybridized carbons (Fsp3) is 0.278. The van der Waals surface area contributed by atoms with E-state index in [4.69, 9.17) is 16.3 Å². The van der Waals surface area contributed by atoms with Gasteiger partial charge in [-0.3, -0.25) is 10.1 Å². The minimum absolute atomic E-state index is 0.0442. The summed E-state index contributed by atoms with van der Waals surface area (Å²) in [4.78, 5) is 22.5. The molecule has 0 saturated carbocycles. The molecular formula is C18H19ClN2O6S. The van der Waals surface area contributed by atoms with E-state index in [1.165, 1.54) is 30.3 Å². The van der Waals surface area contributed by atoms with Crippen molar-refractivity contribution in [2.24, 2.45) is 0 Å². The van der Waals surface area contributed by atoms with Gasteiger partial charge in [0.15, 0.2) is 0 Å². The molecule has 1 N–H and O–H groups in total. The van der Waals surface area contributed by atoms with Crippen molar-refractivity contribution in [1.82, 2.24) is 4.72 Å². The van der Waals surface area contributed by atoms with E-state index in [0.29, 0.717) is 0 Å². The molecule has 0 fully saturated rings. The monoisotopic (exact) mass is 426 g/mol. The van der Waals surface area contributed by atoms with E-state index >= 15 is 0 Å². The SMILES string of the molecule is CC(C)(C)NS(=O)(=O)c1cc(C(=O)OCc2ccccc2[N+](=O)[O-])ccc1Cl. The summed E-state index contributed by atoms with van der Waals surface area (Å²) in [6.07, 6.45) is 0. The number of sulfonamides is 1. The number of benzene rings is 2. The fourth-order valence-electron chi connectivity index (χ4n) is 2.33. The van der Waals surface area contributed by atoms with Crippen LogP contribution in [0.5, 0.6) is 0 Å². The standard InChI is InChI=1S/C18H19ClN2O6S/c1-18(2,3)20-28(25,26)16-10-12(8-9-14(16)19)17(22)27-11-13-6-4-5-7-15(13)21(23)24/h4-10,20H,11H2,1-3H3. The number of hydrogen-bond acceptors (Lipinski definition) is 6. The minimum Gasteiger partial charge on any atom is -0.457 e. The molecule has 0 atom stereocenters. The van der Waals surface area contributed by atoms with Crippen LogP contribution in [0.25, 0.3) is 0 Å². The van der Waals surface area contributed by atoms with Gasteiger partial charge in [-0.05, 0) is 45.0 Å². The largest absolute Gasteiger partial charge is 0.457 e. The number of halogens is 1. The van der Waals surface area contributed by atoms with E-state index in [-0.39, 0.29) is 33.3 Å². The van der Waals surface area contributed by atoms with E-state index < -0.39 is 26.5 Å². The highest BCUT2D eigenvalue weighted by Gasteiger charge is 2.25. The number of rotatable bonds is 6. The Hall–Kier alpha value is -2.49. The average molecular weight is 427 g/mol. The summed E-state index contributed by atoms with van der Waals surface area (Å²) in [7, 11) is -3.97. The molecule has 2 aromatic carbocycles. The molecule has 0 radical (unpaired) electrons. The number of nitrogens with one attached hydrogen (secondary N) is 1. The summed E-state index contributed by atoms with van der Waals surface area (Å²) in [6, 6.07) is 9.56. The van der Waals surface area contributed by atoms with Crippen molar-refractivity contribution in [2.75, 3.05) is 0 Å². The molecule has 0 aliphatic rings. The number of hydrogen-bond donors (Lipinski definition) is 1. The van der Waals surface area contributed by atoms with Gasteiger partial charge < -0.3 is 4.74 Å². The number of para-hydroxylation sites is 1. The Bertz CT molecular complexity index is 1010. The second-order valence-electron chi connectivity index (χ2n) is 6.96. The van der Waals surface area contributed by atoms with Crippen LogP contribution in [0.1, 0.15) is 36.7 Å². The topological polar surface area (TPSA) is 116 Å². The molecule has 0 bridgehead atoms. The van der Waals surface area contributed by atoms with Gasteiger partial charge in [0.25, 0.3) is 5.69 Å². The van der Waals surface area contributed by atoms with E-state index in [0.717, 1.165) is 6.07 Å². The molecule has 0 aliphatic heterocycles. The molecule has 8 nitrogen and oxygen atoms in total. The molecule has 0 aromatic heterocycles. The zero-order valence-electron chi connectivity index (χ0n) is 15.4. The molecule has 0 spiro atoms. The van der Waals surface area contributed by atoms with Crippen LogP contribution in [-0.4, -0.2) is 24.8 Å². The lowest BCUT2D eigenvalue weighted by Crippen LogP contribution is -2.40. The quantitative estimate of drug-likeness (QED) is 0.428. The lowest BCUT2D eigenvalue weighted by molar-refractivity contribution is -0.385. The van der Waals surface area contributed by atoms with E-state index in [2.05, 4.69) is 4.72 Å². The first-order chi connectivity index (χ1) is 12.9. The van der Waals surface area contributed by atoms with Crippen LogP contribution in [0.2, 0.25) is 5.02 Å². The summed E-state index contributed by atoms with van der Waals surface area (Å²) in [6.45, 7) is 4.68. The zero-order chi connectivity index (χ0) is 21.1. The highest BCUT2D eigenvalue weighted by Crippen LogP contribution is 2.25. The number of carbonyl (C=O) groups is 1. The van der Waals surface area contributed by atoms with Gasteiger partial charge in [-0.25, -0.2) is 17.9 Å². The summed E-state index contributed by atoms with van der Waals surface area (Å²) in [5.41, 5.74) is -0.747. The maximum absolute atomic E-state index is 12.5. The first kappa shape index (κ1) is 21.8. The third-order valence-corrected chi connectivity index (χ3v) is 5.68. The van der Waals surface area contributed by atoms with Crippen LogP contribution in [0.4, 0.5) is 5.69 Å². The van der Waals surface area contributed by atoms with E-state index in [1.54, 1.807) is 26.8 Å². The first-order valence-corrected chi connectivity index (χ1v) is 10.00. The highest BCUT2D eigenvalue weighted by molar-refractivity contribution is 7.89. The van der Waals surface area contributed by atoms with Gasteiger partial charge in [-0.2, -0.15) is 0 Å². The first-order valence-electron chi connectivity index (χ1n) is 8.14. The Morgan fingerprint density at radius 2 is 1.86 bits per heavy atom. The Balaban J connectivity index is 2.25. The number of carbonyl (C=O) groups excluding carboxylic acids is 1. The van der Waals surface area contributed by atoms with Gasteiger partial charge in [-0.15, -0.1) is 0 Å². The molecule has 0 heterocycles. The summed E-state index contributed by atoms with van der Waals surface area (Å²) >= 11 is 6.00. The Labute approximate surface area is 167 Å². The molecule has 0 unspecified atom stereocenters. The van der Waals surface area contributed by atoms with Gasteiger partial charge in [0.2, 0.25) is 10.0 Å². The summed E-state index contributed by atoms with van der Waals surface area (Å²) in [5.74, 6) is -0.831. The Morgan fingerprint density at radius 1 is 1.21 bits per heavy atom. The van der Waals surface area contributed by atoms with Gasteiger partial charge in [-0.1, -0.05) is 23.7 Å². The average Bonchev–Trinajstić information content (AvgIpc) is 2.58. The number of esters is 1. The second-order valence-corrected chi connectivity index (χ2v) is 9.02. The maximum Gasteiger partial charge on any atom is 0.338 e. The van der Waals surface area contributed by atoms with Crippen molar-refractivity contribution in [2.45, 2.75) is 37.8 Å². The van der Waals surface area contributed by atoms with Crippen LogP contribution < -0.4 is 4.72 Å². The van der Waals surface area contributed by atoms with Gasteiger partial charge in [0.1, 0.15) is 11.5 Å². The van der Waals surface area contributed by atoms with Crippen molar-refractivity contribution in [3.63, 3.8) is 0 Å². The third kappa shape index (κ3) is 5.51. The van der Waals surface area contributed by atoms with Crippen molar-refractivity contribution < 1.29 is 22.9 Å². The molecule has 0 amide bonds. The van der Waals surface area contributed by atoms with Crippen LogP contribution in [-0.2, 0) is 21.4 Å². The van der Waals surface area contributed by atoms with Crippen molar-refractivity contribution in [3.8, 4) is 0 Å². The molecular weight excluding hydrogens is 408 g/mol. The molecule has 150 valence electrons. The van der Waals surface area contributed by atoms with Crippen molar-refractivity contribution >= 4 is 33.3 Å². The maximum atomic E-state index is 12.5. The molecule has 10 heteroatoms. The van der Waals surface area contributed by atoms with Crippen LogP contribution in [0.15, 0.2) is 47.4 Å². The third-order valence-electron chi connectivity index (χ3n) is 3.44. The van der Waals surface area contributed by atoms with E-state index in [1.807, 2.05) is 0 Å². The smallest absolute Gasteiger partial charge is 0.338 e. The van der Waals surface area contributed by atoms with Crippen LogP contribution >= 0.6 is 11.6 Å². The summed E-state index contributed by atoms with van der Waals surface area (Å²) in [5, 5.41) is 11.0. The number of nitro groups is 1. The molecule has 2 aromatic rings. The van der Waals surface area contributed by atoms with Gasteiger partial charge in [0, 0.05) is 11.6 Å². The van der Waals surface area contributed by atoms with Gasteiger partial charge >= 0.3 is 5.97 Å². The number of nitrogens with zero attached hydrogens (tertiary/aromatic N) is 1. The minimum atomic E-state index is -3.97. The normalized spacial score (nSPS) is 11.9. The molecule has 28 heavy (non-hydrogen) atoms. The van der Waals surface area contributed by atoms with Crippen molar-refractivity contribution in [1.29, 1.82) is 0 Å². The molecule has 0 aliphatic carbocycles. The number of ether oxygens (including phenoxy) is 1. The van der Waals surface area contributed by atoms with Crippen molar-refractivity contribution in [3.05, 3.63) is 68.7 Å². The second kappa shape index (κ2) is 8.26. The highest BCUT2D eigenvalue weighted by atomic mass is 35.5. The lowest BCUT2D eigenvalue weighted by atomic mass is 10.1. The van der Waals surface area contributed by atoms with Crippen LogP contribution in [0.3, 0.4) is 0 Å². The number of nitro benzene ring substituents is 1. The lowest BCUT2D eigenvalue weighted by Gasteiger charge is -2.21. The predicted molar refractivity (Wildman–Crippen MR) is 104 cm³/mol. The molecule has 0 saturated heterocycles. The predicted octanol–water partition coefficient (Wildman–Crippen LogP) is 3.68. The Morgan fingerprint density at radius 3 is 2.46 bits per heavy atom. The van der Waals surface area contributed by atoms with Gasteiger partial charge in [0.05, 0.1) is 21.1 Å². The summed E-state index contributed by atoms with van der Waals surface area (Å²) < 4.78 is 32.6. The van der Waals surface area contributed by atoms with E-state index in [9.17, 15) is 23.3 Å². The molecule has 2 rings (SSSR count). The van der Waals surface area contributed by atoms with Crippen LogP contribution in [0, 0.1) is 10.1 Å². The fourth-order valence-corrected chi connectivity index (χ4v) is 4.28.